The molecule has 0 saturated carbocycles. The van der Waals surface area contributed by atoms with E-state index in [4.69, 9.17) is 5.73 Å². The summed E-state index contributed by atoms with van der Waals surface area (Å²) in [5, 5.41) is 0. The molecule has 5 nitrogen and oxygen atoms in total. The van der Waals surface area contributed by atoms with Crippen molar-refractivity contribution < 1.29 is 9.59 Å². The van der Waals surface area contributed by atoms with Gasteiger partial charge in [0.15, 0.2) is 0 Å². The summed E-state index contributed by atoms with van der Waals surface area (Å²) < 4.78 is 0. The molecule has 3 aliphatic heterocycles. The van der Waals surface area contributed by atoms with Crippen LogP contribution in [-0.2, 0) is 6.42 Å². The summed E-state index contributed by atoms with van der Waals surface area (Å²) in [6.07, 6.45) is 6.12. The van der Waals surface area contributed by atoms with Crippen LogP contribution in [0.1, 0.15) is 52.0 Å². The standard InChI is InChI=1S/C26H31N3O2/c27-25(30)19-9-11-20(12-10-19)26(31)28-16-21-15-22(17-28)24(14-18-6-2-1-3-7-18)29-13-5-4-8-23(21)29/h1-3,6-7,9-12,21-24H,4-5,8,13-17H2,(H2,27,30)/t21-,22+,23+,24+/m1/s1. The lowest BCUT2D eigenvalue weighted by Crippen LogP contribution is -2.64. The Bertz CT molecular complexity index is 943. The minimum Gasteiger partial charge on any atom is -0.366 e. The van der Waals surface area contributed by atoms with Gasteiger partial charge in [-0.2, -0.15) is 0 Å². The van der Waals surface area contributed by atoms with Gasteiger partial charge in [-0.05, 0) is 73.9 Å². The number of primary amides is 1. The van der Waals surface area contributed by atoms with E-state index in [2.05, 4.69) is 40.1 Å². The van der Waals surface area contributed by atoms with Crippen molar-refractivity contribution in [3.63, 3.8) is 0 Å². The van der Waals surface area contributed by atoms with Gasteiger partial charge in [-0.25, -0.2) is 0 Å². The molecule has 3 heterocycles. The predicted molar refractivity (Wildman–Crippen MR) is 121 cm³/mol. The van der Waals surface area contributed by atoms with Gasteiger partial charge in [0.2, 0.25) is 5.91 Å². The van der Waals surface area contributed by atoms with Crippen molar-refractivity contribution in [2.75, 3.05) is 19.6 Å². The maximum absolute atomic E-state index is 13.3. The normalized spacial score (nSPS) is 28.1. The van der Waals surface area contributed by atoms with Gasteiger partial charge in [0.05, 0.1) is 0 Å². The van der Waals surface area contributed by atoms with Gasteiger partial charge in [0.25, 0.3) is 5.91 Å². The monoisotopic (exact) mass is 417 g/mol. The van der Waals surface area contributed by atoms with Gasteiger partial charge in [0.1, 0.15) is 0 Å². The zero-order valence-corrected chi connectivity index (χ0v) is 18.0. The molecule has 0 aromatic heterocycles. The Morgan fingerprint density at radius 1 is 0.903 bits per heavy atom. The minimum atomic E-state index is -0.465. The van der Waals surface area contributed by atoms with E-state index in [0.29, 0.717) is 35.0 Å². The van der Waals surface area contributed by atoms with Gasteiger partial charge in [-0.15, -0.1) is 0 Å². The molecule has 2 bridgehead atoms. The van der Waals surface area contributed by atoms with E-state index in [-0.39, 0.29) is 5.91 Å². The third-order valence-electron chi connectivity index (χ3n) is 7.61. The number of amides is 2. The van der Waals surface area contributed by atoms with Crippen LogP contribution in [0.4, 0.5) is 0 Å². The first-order valence-corrected chi connectivity index (χ1v) is 11.6. The largest absolute Gasteiger partial charge is 0.366 e. The number of nitrogens with zero attached hydrogens (tertiary/aromatic N) is 2. The fraction of sp³-hybridized carbons (Fsp3) is 0.462. The van der Waals surface area contributed by atoms with Crippen molar-refractivity contribution in [3.05, 3.63) is 71.3 Å². The van der Waals surface area contributed by atoms with Crippen LogP contribution in [0.15, 0.2) is 54.6 Å². The van der Waals surface area contributed by atoms with Gasteiger partial charge in [-0.3, -0.25) is 14.5 Å². The Labute approximate surface area is 184 Å². The second-order valence-electron chi connectivity index (χ2n) is 9.47. The van der Waals surface area contributed by atoms with Gasteiger partial charge in [-0.1, -0.05) is 36.8 Å². The average molecular weight is 418 g/mol. The molecule has 2 amide bonds. The van der Waals surface area contributed by atoms with Crippen LogP contribution in [0.25, 0.3) is 0 Å². The maximum atomic E-state index is 13.3. The molecule has 3 aliphatic rings. The molecule has 162 valence electrons. The van der Waals surface area contributed by atoms with E-state index in [0.717, 1.165) is 19.5 Å². The minimum absolute atomic E-state index is 0.0773. The number of piperidine rings is 3. The van der Waals surface area contributed by atoms with Gasteiger partial charge in [0, 0.05) is 36.3 Å². The molecular weight excluding hydrogens is 386 g/mol. The molecule has 0 radical (unpaired) electrons. The number of benzene rings is 2. The Morgan fingerprint density at radius 3 is 2.35 bits per heavy atom. The number of carbonyl (C=O) groups is 2. The van der Waals surface area contributed by atoms with Gasteiger partial charge >= 0.3 is 0 Å². The van der Waals surface area contributed by atoms with E-state index >= 15 is 0 Å². The van der Waals surface area contributed by atoms with Crippen molar-refractivity contribution in [2.24, 2.45) is 17.6 Å². The topological polar surface area (TPSA) is 66.6 Å². The lowest BCUT2D eigenvalue weighted by molar-refractivity contribution is -0.0642. The van der Waals surface area contributed by atoms with E-state index in [1.165, 1.54) is 37.8 Å². The highest BCUT2D eigenvalue weighted by atomic mass is 16.2. The highest BCUT2D eigenvalue weighted by molar-refractivity contribution is 5.97. The summed E-state index contributed by atoms with van der Waals surface area (Å²) in [7, 11) is 0. The molecule has 31 heavy (non-hydrogen) atoms. The van der Waals surface area contributed by atoms with Crippen molar-refractivity contribution in [2.45, 2.75) is 44.2 Å². The SMILES string of the molecule is NC(=O)c1ccc(C(=O)N2C[C@H]3C[C@@H](C2)[C@H](Cc2ccccc2)N2CCCC[C@@H]32)cc1. The second kappa shape index (κ2) is 8.46. The summed E-state index contributed by atoms with van der Waals surface area (Å²) in [4.78, 5) is 29.6. The molecule has 4 atom stereocenters. The number of nitrogens with two attached hydrogens (primary N) is 1. The first-order valence-electron chi connectivity index (χ1n) is 11.6. The number of hydrogen-bond donors (Lipinski definition) is 1. The van der Waals surface area contributed by atoms with Crippen LogP contribution in [0.2, 0.25) is 0 Å². The second-order valence-corrected chi connectivity index (χ2v) is 9.47. The fourth-order valence-corrected chi connectivity index (χ4v) is 6.17. The molecule has 5 heteroatoms. The zero-order valence-electron chi connectivity index (χ0n) is 18.0. The molecule has 5 rings (SSSR count). The highest BCUT2D eigenvalue weighted by Gasteiger charge is 2.47. The molecule has 2 N–H and O–H groups in total. The lowest BCUT2D eigenvalue weighted by atomic mass is 9.71. The third kappa shape index (κ3) is 3.99. The van der Waals surface area contributed by atoms with Crippen LogP contribution in [0.3, 0.4) is 0 Å². The fourth-order valence-electron chi connectivity index (χ4n) is 6.17. The quantitative estimate of drug-likeness (QED) is 0.830. The third-order valence-corrected chi connectivity index (χ3v) is 7.61. The number of rotatable bonds is 4. The molecule has 2 aromatic rings. The Hall–Kier alpha value is -2.66. The first-order chi connectivity index (χ1) is 15.1. The maximum Gasteiger partial charge on any atom is 0.253 e. The predicted octanol–water partition coefficient (Wildman–Crippen LogP) is 3.34. The summed E-state index contributed by atoms with van der Waals surface area (Å²) in [5.41, 5.74) is 7.82. The van der Waals surface area contributed by atoms with Crippen molar-refractivity contribution >= 4 is 11.8 Å². The van der Waals surface area contributed by atoms with Crippen LogP contribution in [-0.4, -0.2) is 53.3 Å². The number of carbonyl (C=O) groups excluding carboxylic acids is 2. The van der Waals surface area contributed by atoms with Crippen LogP contribution in [0, 0.1) is 11.8 Å². The summed E-state index contributed by atoms with van der Waals surface area (Å²) in [6.45, 7) is 2.84. The molecule has 3 fully saturated rings. The smallest absolute Gasteiger partial charge is 0.253 e. The van der Waals surface area contributed by atoms with Gasteiger partial charge < -0.3 is 10.6 Å². The lowest BCUT2D eigenvalue weighted by Gasteiger charge is -2.57. The average Bonchev–Trinajstić information content (AvgIpc) is 2.82. The van der Waals surface area contributed by atoms with Crippen LogP contribution >= 0.6 is 0 Å². The van der Waals surface area contributed by atoms with E-state index in [1.54, 1.807) is 24.3 Å². The Morgan fingerprint density at radius 2 is 1.61 bits per heavy atom. The zero-order chi connectivity index (χ0) is 21.4. The number of fused-ring (bicyclic) bond motifs is 4. The van der Waals surface area contributed by atoms with Crippen molar-refractivity contribution in [3.8, 4) is 0 Å². The molecule has 0 aliphatic carbocycles. The molecule has 2 aromatic carbocycles. The highest BCUT2D eigenvalue weighted by Crippen LogP contribution is 2.42. The van der Waals surface area contributed by atoms with Crippen LogP contribution < -0.4 is 5.73 Å². The van der Waals surface area contributed by atoms with E-state index in [9.17, 15) is 9.59 Å². The summed E-state index contributed by atoms with van der Waals surface area (Å²) >= 11 is 0. The van der Waals surface area contributed by atoms with E-state index < -0.39 is 5.91 Å². The number of hydrogen-bond acceptors (Lipinski definition) is 3. The first kappa shape index (κ1) is 20.3. The molecule has 0 unspecified atom stereocenters. The molecule has 0 spiro atoms. The van der Waals surface area contributed by atoms with Crippen molar-refractivity contribution in [1.29, 1.82) is 0 Å². The Balaban J connectivity index is 1.38. The Kier molecular flexibility index (Phi) is 5.53. The number of likely N-dealkylation sites (tertiary alicyclic amines) is 1. The van der Waals surface area contributed by atoms with E-state index in [1.807, 2.05) is 0 Å². The summed E-state index contributed by atoms with van der Waals surface area (Å²) in [6, 6.07) is 18.7. The van der Waals surface area contributed by atoms with Crippen LogP contribution in [0.5, 0.6) is 0 Å². The van der Waals surface area contributed by atoms with Crippen molar-refractivity contribution in [1.82, 2.24) is 9.80 Å². The molecular formula is C26H31N3O2. The molecule has 3 saturated heterocycles. The summed E-state index contributed by atoms with van der Waals surface area (Å²) in [5.74, 6) is 0.670.